The van der Waals surface area contributed by atoms with Crippen LogP contribution in [-0.2, 0) is 0 Å². The molecule has 174 valence electrons. The summed E-state index contributed by atoms with van der Waals surface area (Å²) in [4.78, 5) is 34.1. The van der Waals surface area contributed by atoms with E-state index in [-0.39, 0.29) is 11.5 Å². The molecule has 34 heavy (non-hydrogen) atoms. The minimum Gasteiger partial charge on any atom is -0.329 e. The van der Waals surface area contributed by atoms with Crippen molar-refractivity contribution in [3.63, 3.8) is 0 Å². The average Bonchev–Trinajstić information content (AvgIpc) is 2.84. The van der Waals surface area contributed by atoms with Crippen molar-refractivity contribution < 1.29 is 4.79 Å². The topological polar surface area (TPSA) is 55.2 Å². The molecule has 0 aliphatic carbocycles. The molecule has 3 aromatic carbocycles. The Morgan fingerprint density at radius 3 is 2.50 bits per heavy atom. The van der Waals surface area contributed by atoms with Crippen LogP contribution in [0.3, 0.4) is 0 Å². The second kappa shape index (κ2) is 9.82. The summed E-state index contributed by atoms with van der Waals surface area (Å²) >= 11 is 6.36. The van der Waals surface area contributed by atoms with Crippen molar-refractivity contribution in [3.8, 4) is 5.69 Å². The second-order valence-corrected chi connectivity index (χ2v) is 8.98. The first-order chi connectivity index (χ1) is 16.3. The number of hydrogen-bond donors (Lipinski definition) is 0. The van der Waals surface area contributed by atoms with Crippen LogP contribution in [0.15, 0.2) is 71.5 Å². The predicted molar refractivity (Wildman–Crippen MR) is 138 cm³/mol. The maximum atomic E-state index is 13.8. The monoisotopic (exact) mass is 473 g/mol. The minimum atomic E-state index is -0.471. The summed E-state index contributed by atoms with van der Waals surface area (Å²) in [6, 6.07) is 19.9. The normalized spacial score (nSPS) is 12.0. The van der Waals surface area contributed by atoms with Crippen LogP contribution in [0.4, 0.5) is 0 Å². The summed E-state index contributed by atoms with van der Waals surface area (Å²) in [6.45, 7) is 8.41. The van der Waals surface area contributed by atoms with E-state index in [0.29, 0.717) is 33.9 Å². The molecule has 0 N–H and O–H groups in total. The van der Waals surface area contributed by atoms with Gasteiger partial charge in [0.15, 0.2) is 0 Å². The Hall–Kier alpha value is -3.44. The van der Waals surface area contributed by atoms with Crippen LogP contribution in [-0.4, -0.2) is 26.9 Å². The molecule has 0 bridgehead atoms. The summed E-state index contributed by atoms with van der Waals surface area (Å²) < 4.78 is 1.66. The molecule has 1 atom stereocenters. The number of aromatic nitrogens is 2. The number of rotatable bonds is 6. The third-order valence-corrected chi connectivity index (χ3v) is 6.41. The van der Waals surface area contributed by atoms with Gasteiger partial charge in [0.1, 0.15) is 5.82 Å². The van der Waals surface area contributed by atoms with Crippen LogP contribution in [0.25, 0.3) is 16.6 Å². The Balaban J connectivity index is 1.96. The van der Waals surface area contributed by atoms with Gasteiger partial charge in [-0.1, -0.05) is 54.9 Å². The van der Waals surface area contributed by atoms with E-state index in [9.17, 15) is 9.59 Å². The molecular weight excluding hydrogens is 446 g/mol. The van der Waals surface area contributed by atoms with E-state index >= 15 is 0 Å². The fourth-order valence-corrected chi connectivity index (χ4v) is 4.48. The summed E-state index contributed by atoms with van der Waals surface area (Å²) in [5.41, 5.74) is 3.66. The fourth-order valence-electron chi connectivity index (χ4n) is 4.26. The molecule has 0 radical (unpaired) electrons. The Kier molecular flexibility index (Phi) is 6.85. The lowest BCUT2D eigenvalue weighted by atomic mass is 10.1. The van der Waals surface area contributed by atoms with Crippen molar-refractivity contribution in [3.05, 3.63) is 105 Å². The molecular formula is C28H28ClN3O2. The van der Waals surface area contributed by atoms with Crippen molar-refractivity contribution in [1.82, 2.24) is 14.5 Å². The van der Waals surface area contributed by atoms with Gasteiger partial charge in [-0.25, -0.2) is 4.98 Å². The zero-order chi connectivity index (χ0) is 24.4. The molecule has 0 saturated heterocycles. The number of amides is 1. The van der Waals surface area contributed by atoms with E-state index in [1.54, 1.807) is 39.8 Å². The van der Waals surface area contributed by atoms with Crippen molar-refractivity contribution in [2.45, 2.75) is 40.2 Å². The molecule has 0 aliphatic heterocycles. The number of aryl methyl sites for hydroxylation is 2. The van der Waals surface area contributed by atoms with Crippen LogP contribution < -0.4 is 5.56 Å². The van der Waals surface area contributed by atoms with Gasteiger partial charge in [0.25, 0.3) is 11.5 Å². The number of hydrogen-bond acceptors (Lipinski definition) is 3. The van der Waals surface area contributed by atoms with Gasteiger partial charge in [-0.05, 0) is 68.7 Å². The van der Waals surface area contributed by atoms with Crippen LogP contribution in [0.2, 0.25) is 5.02 Å². The SMILES string of the molecule is CCCN(C(=O)c1ccccc1Cl)C(C)c1nc2ccccc2c(=O)n1-c1cc(C)ccc1C. The molecule has 0 saturated carbocycles. The highest BCUT2D eigenvalue weighted by Crippen LogP contribution is 2.28. The summed E-state index contributed by atoms with van der Waals surface area (Å²) in [7, 11) is 0. The Morgan fingerprint density at radius 1 is 1.06 bits per heavy atom. The number of nitrogens with zero attached hydrogens (tertiary/aromatic N) is 3. The Morgan fingerprint density at radius 2 is 1.76 bits per heavy atom. The van der Waals surface area contributed by atoms with Gasteiger partial charge in [-0.2, -0.15) is 0 Å². The summed E-state index contributed by atoms with van der Waals surface area (Å²) in [5, 5.41) is 0.943. The zero-order valence-electron chi connectivity index (χ0n) is 19.9. The van der Waals surface area contributed by atoms with E-state index in [1.807, 2.05) is 64.1 Å². The molecule has 0 aliphatic rings. The highest BCUT2D eigenvalue weighted by molar-refractivity contribution is 6.33. The van der Waals surface area contributed by atoms with Gasteiger partial charge in [-0.3, -0.25) is 14.2 Å². The number of carbonyl (C=O) groups is 1. The van der Waals surface area contributed by atoms with Crippen molar-refractivity contribution in [1.29, 1.82) is 0 Å². The Bertz CT molecular complexity index is 1430. The van der Waals surface area contributed by atoms with E-state index < -0.39 is 6.04 Å². The zero-order valence-corrected chi connectivity index (χ0v) is 20.6. The highest BCUT2D eigenvalue weighted by Gasteiger charge is 2.28. The lowest BCUT2D eigenvalue weighted by Crippen LogP contribution is -2.38. The second-order valence-electron chi connectivity index (χ2n) is 8.57. The van der Waals surface area contributed by atoms with Crippen molar-refractivity contribution in [2.75, 3.05) is 6.54 Å². The first-order valence-electron chi connectivity index (χ1n) is 11.5. The van der Waals surface area contributed by atoms with E-state index in [1.165, 1.54) is 0 Å². The first kappa shape index (κ1) is 23.7. The number of carbonyl (C=O) groups excluding carboxylic acids is 1. The minimum absolute atomic E-state index is 0.150. The maximum absolute atomic E-state index is 13.8. The predicted octanol–water partition coefficient (Wildman–Crippen LogP) is 6.27. The number of para-hydroxylation sites is 1. The molecule has 4 rings (SSSR count). The third kappa shape index (κ3) is 4.36. The summed E-state index contributed by atoms with van der Waals surface area (Å²) in [5.74, 6) is 0.334. The van der Waals surface area contributed by atoms with Gasteiger partial charge in [-0.15, -0.1) is 0 Å². The fraction of sp³-hybridized carbons (Fsp3) is 0.250. The van der Waals surface area contributed by atoms with Crippen LogP contribution in [0, 0.1) is 13.8 Å². The van der Waals surface area contributed by atoms with E-state index in [4.69, 9.17) is 16.6 Å². The highest BCUT2D eigenvalue weighted by atomic mass is 35.5. The van der Waals surface area contributed by atoms with Crippen molar-refractivity contribution >= 4 is 28.4 Å². The largest absolute Gasteiger partial charge is 0.329 e. The molecule has 1 aromatic heterocycles. The maximum Gasteiger partial charge on any atom is 0.266 e. The first-order valence-corrected chi connectivity index (χ1v) is 11.9. The van der Waals surface area contributed by atoms with Gasteiger partial charge < -0.3 is 4.90 Å². The third-order valence-electron chi connectivity index (χ3n) is 6.08. The molecule has 6 heteroatoms. The standard InChI is InChI=1S/C28H28ClN3O2/c1-5-16-31(27(33)21-10-6-8-12-23(21)29)20(4)26-30-24-13-9-7-11-22(24)28(34)32(26)25-17-18(2)14-15-19(25)3/h6-15,17,20H,5,16H2,1-4H3. The van der Waals surface area contributed by atoms with E-state index in [2.05, 4.69) is 0 Å². The van der Waals surface area contributed by atoms with E-state index in [0.717, 1.165) is 23.2 Å². The molecule has 4 aromatic rings. The number of fused-ring (bicyclic) bond motifs is 1. The van der Waals surface area contributed by atoms with Crippen LogP contribution >= 0.6 is 11.6 Å². The van der Waals surface area contributed by atoms with Crippen LogP contribution in [0.1, 0.15) is 53.6 Å². The van der Waals surface area contributed by atoms with Crippen LogP contribution in [0.5, 0.6) is 0 Å². The van der Waals surface area contributed by atoms with Gasteiger partial charge in [0.2, 0.25) is 0 Å². The van der Waals surface area contributed by atoms with Gasteiger partial charge in [0, 0.05) is 6.54 Å². The molecule has 0 fully saturated rings. The average molecular weight is 474 g/mol. The summed E-state index contributed by atoms with van der Waals surface area (Å²) in [6.07, 6.45) is 0.752. The van der Waals surface area contributed by atoms with Gasteiger partial charge in [0.05, 0.1) is 33.2 Å². The van der Waals surface area contributed by atoms with Crippen molar-refractivity contribution in [2.24, 2.45) is 0 Å². The molecule has 1 amide bonds. The smallest absolute Gasteiger partial charge is 0.266 e. The van der Waals surface area contributed by atoms with Gasteiger partial charge >= 0.3 is 0 Å². The number of benzene rings is 3. The number of halogens is 1. The quantitative estimate of drug-likeness (QED) is 0.331. The molecule has 1 heterocycles. The Labute approximate surface area is 204 Å². The molecule has 1 unspecified atom stereocenters. The molecule has 0 spiro atoms. The lowest BCUT2D eigenvalue weighted by molar-refractivity contribution is 0.0681. The molecule has 5 nitrogen and oxygen atoms in total. The lowest BCUT2D eigenvalue weighted by Gasteiger charge is -2.31.